The number of aryl methyl sites for hydroxylation is 1. The molecule has 0 fully saturated rings. The number of hydrogen-bond donors (Lipinski definition) is 1. The number of nitrogens with zero attached hydrogens (tertiary/aromatic N) is 4. The van der Waals surface area contributed by atoms with Gasteiger partial charge < -0.3 is 13.8 Å². The maximum atomic E-state index is 5.62. The minimum Gasteiger partial charge on any atom is -0.464 e. The molecule has 0 aliphatic carbocycles. The summed E-state index contributed by atoms with van der Waals surface area (Å²) in [5.41, 5.74) is 3.17. The summed E-state index contributed by atoms with van der Waals surface area (Å²) in [6, 6.07) is 13.6. The van der Waals surface area contributed by atoms with Crippen molar-refractivity contribution in [2.75, 3.05) is 0 Å². The highest BCUT2D eigenvalue weighted by Gasteiger charge is 2.15. The molecule has 7 heteroatoms. The van der Waals surface area contributed by atoms with Crippen molar-refractivity contribution in [1.29, 1.82) is 0 Å². The first-order chi connectivity index (χ1) is 12.8. The van der Waals surface area contributed by atoms with Crippen molar-refractivity contribution >= 4 is 11.2 Å². The fourth-order valence-corrected chi connectivity index (χ4v) is 2.90. The minimum atomic E-state index is 0.524. The van der Waals surface area contributed by atoms with Gasteiger partial charge in [-0.3, -0.25) is 0 Å². The number of benzene rings is 1. The maximum absolute atomic E-state index is 5.62. The lowest BCUT2D eigenvalue weighted by Crippen LogP contribution is -2.00. The number of hydrogen-bond acceptors (Lipinski definition) is 5. The SMILES string of the molecule is Cc1ccc(Cn2ncc3[nH]c(-c4coc(-c5ccccc5)n4)nc32)o1. The summed E-state index contributed by atoms with van der Waals surface area (Å²) in [5, 5.41) is 4.37. The van der Waals surface area contributed by atoms with Gasteiger partial charge >= 0.3 is 0 Å². The van der Waals surface area contributed by atoms with E-state index in [1.54, 1.807) is 17.1 Å². The van der Waals surface area contributed by atoms with Crippen molar-refractivity contribution in [2.45, 2.75) is 13.5 Å². The van der Waals surface area contributed by atoms with E-state index in [2.05, 4.69) is 20.1 Å². The topological polar surface area (TPSA) is 85.7 Å². The molecule has 7 nitrogen and oxygen atoms in total. The number of furan rings is 1. The average molecular weight is 345 g/mol. The summed E-state index contributed by atoms with van der Waals surface area (Å²) in [6.07, 6.45) is 3.35. The Balaban J connectivity index is 1.48. The van der Waals surface area contributed by atoms with E-state index in [4.69, 9.17) is 8.83 Å². The summed E-state index contributed by atoms with van der Waals surface area (Å²) in [7, 11) is 0. The lowest BCUT2D eigenvalue weighted by molar-refractivity contribution is 0.462. The molecular weight excluding hydrogens is 330 g/mol. The van der Waals surface area contributed by atoms with Crippen molar-refractivity contribution < 1.29 is 8.83 Å². The Morgan fingerprint density at radius 1 is 1.08 bits per heavy atom. The number of rotatable bonds is 4. The van der Waals surface area contributed by atoms with Gasteiger partial charge in [-0.2, -0.15) is 5.10 Å². The third-order valence-electron chi connectivity index (χ3n) is 4.15. The fourth-order valence-electron chi connectivity index (χ4n) is 2.90. The number of oxazole rings is 1. The van der Waals surface area contributed by atoms with E-state index in [9.17, 15) is 0 Å². The fraction of sp³-hybridized carbons (Fsp3) is 0.105. The molecule has 0 spiro atoms. The summed E-state index contributed by atoms with van der Waals surface area (Å²) >= 11 is 0. The molecule has 0 radical (unpaired) electrons. The molecule has 5 aromatic rings. The van der Waals surface area contributed by atoms with Crippen LogP contribution in [0.5, 0.6) is 0 Å². The van der Waals surface area contributed by atoms with Crippen LogP contribution >= 0.6 is 0 Å². The van der Waals surface area contributed by atoms with E-state index >= 15 is 0 Å². The molecule has 0 bridgehead atoms. The lowest BCUT2D eigenvalue weighted by Gasteiger charge is -1.97. The second kappa shape index (κ2) is 5.73. The molecule has 128 valence electrons. The number of H-pyrrole nitrogens is 1. The van der Waals surface area contributed by atoms with Gasteiger partial charge in [0.1, 0.15) is 35.5 Å². The highest BCUT2D eigenvalue weighted by Crippen LogP contribution is 2.24. The number of imidazole rings is 1. The van der Waals surface area contributed by atoms with Gasteiger partial charge in [0.25, 0.3) is 0 Å². The second-order valence-electron chi connectivity index (χ2n) is 6.04. The summed E-state index contributed by atoms with van der Waals surface area (Å²) in [5.74, 6) is 2.92. The molecule has 26 heavy (non-hydrogen) atoms. The van der Waals surface area contributed by atoms with Crippen LogP contribution in [0.15, 0.2) is 63.8 Å². The van der Waals surface area contributed by atoms with Gasteiger partial charge in [0.2, 0.25) is 5.89 Å². The van der Waals surface area contributed by atoms with Crippen LogP contribution in [0.2, 0.25) is 0 Å². The minimum absolute atomic E-state index is 0.524. The highest BCUT2D eigenvalue weighted by molar-refractivity contribution is 5.75. The van der Waals surface area contributed by atoms with E-state index in [1.165, 1.54) is 0 Å². The molecule has 5 rings (SSSR count). The summed E-state index contributed by atoms with van der Waals surface area (Å²) in [6.45, 7) is 2.44. The van der Waals surface area contributed by atoms with E-state index in [1.807, 2.05) is 49.4 Å². The predicted molar refractivity (Wildman–Crippen MR) is 95.4 cm³/mol. The Hall–Kier alpha value is -3.61. The molecule has 4 heterocycles. The molecule has 0 saturated heterocycles. The van der Waals surface area contributed by atoms with Gasteiger partial charge in [0.15, 0.2) is 11.5 Å². The number of aromatic amines is 1. The van der Waals surface area contributed by atoms with Crippen molar-refractivity contribution in [3.63, 3.8) is 0 Å². The van der Waals surface area contributed by atoms with Crippen molar-refractivity contribution in [3.8, 4) is 23.0 Å². The lowest BCUT2D eigenvalue weighted by atomic mass is 10.2. The van der Waals surface area contributed by atoms with Crippen LogP contribution in [0.1, 0.15) is 11.5 Å². The molecule has 1 aromatic carbocycles. The van der Waals surface area contributed by atoms with Crippen molar-refractivity contribution in [2.24, 2.45) is 0 Å². The molecule has 1 N–H and O–H groups in total. The first-order valence-corrected chi connectivity index (χ1v) is 8.24. The van der Waals surface area contributed by atoms with Crippen molar-refractivity contribution in [1.82, 2.24) is 24.7 Å². The summed E-state index contributed by atoms with van der Waals surface area (Å²) < 4.78 is 13.0. The second-order valence-corrected chi connectivity index (χ2v) is 6.04. The largest absolute Gasteiger partial charge is 0.464 e. The van der Waals surface area contributed by atoms with Crippen LogP contribution in [-0.2, 0) is 6.54 Å². The van der Waals surface area contributed by atoms with Crippen LogP contribution < -0.4 is 0 Å². The van der Waals surface area contributed by atoms with Gasteiger partial charge in [-0.05, 0) is 31.2 Å². The first-order valence-electron chi connectivity index (χ1n) is 8.24. The normalized spacial score (nSPS) is 11.4. The number of fused-ring (bicyclic) bond motifs is 1. The molecule has 0 amide bonds. The van der Waals surface area contributed by atoms with Crippen molar-refractivity contribution in [3.05, 3.63) is 66.4 Å². The first kappa shape index (κ1) is 14.7. The number of aromatic nitrogens is 5. The molecule has 0 aliphatic rings. The van der Waals surface area contributed by atoms with E-state index in [-0.39, 0.29) is 0 Å². The van der Waals surface area contributed by atoms with Crippen LogP contribution in [-0.4, -0.2) is 24.7 Å². The third kappa shape index (κ3) is 2.50. The zero-order valence-electron chi connectivity index (χ0n) is 14.0. The Labute approximate surface area is 148 Å². The van der Waals surface area contributed by atoms with Gasteiger partial charge in [-0.15, -0.1) is 0 Å². The molecular formula is C19H15N5O2. The Kier molecular flexibility index (Phi) is 3.24. The van der Waals surface area contributed by atoms with E-state index < -0.39 is 0 Å². The Morgan fingerprint density at radius 3 is 2.77 bits per heavy atom. The molecule has 0 saturated carbocycles. The van der Waals surface area contributed by atoms with Crippen LogP contribution in [0, 0.1) is 6.92 Å². The molecule has 0 aliphatic heterocycles. The monoisotopic (exact) mass is 345 g/mol. The molecule has 0 unspecified atom stereocenters. The standard InChI is InChI=1S/C19H15N5O2/c1-12-7-8-14(26-12)10-24-18-15(9-20-24)21-17(23-18)16-11-25-19(22-16)13-5-3-2-4-6-13/h2-9,11H,10H2,1H3,(H,21,23). The highest BCUT2D eigenvalue weighted by atomic mass is 16.3. The number of nitrogens with one attached hydrogen (secondary N) is 1. The molecule has 0 atom stereocenters. The van der Waals surface area contributed by atoms with Gasteiger partial charge in [-0.1, -0.05) is 18.2 Å². The van der Waals surface area contributed by atoms with Gasteiger partial charge in [0.05, 0.1) is 6.20 Å². The quantitative estimate of drug-likeness (QED) is 0.531. The average Bonchev–Trinajstić information content (AvgIpc) is 3.41. The molecule has 4 aromatic heterocycles. The summed E-state index contributed by atoms with van der Waals surface area (Å²) in [4.78, 5) is 12.4. The maximum Gasteiger partial charge on any atom is 0.226 e. The van der Waals surface area contributed by atoms with E-state index in [0.717, 1.165) is 28.2 Å². The Morgan fingerprint density at radius 2 is 1.96 bits per heavy atom. The van der Waals surface area contributed by atoms with Crippen LogP contribution in [0.25, 0.3) is 34.1 Å². The smallest absolute Gasteiger partial charge is 0.226 e. The van der Waals surface area contributed by atoms with Gasteiger partial charge in [-0.25, -0.2) is 14.6 Å². The van der Waals surface area contributed by atoms with Crippen LogP contribution in [0.4, 0.5) is 0 Å². The van der Waals surface area contributed by atoms with Gasteiger partial charge in [0, 0.05) is 5.56 Å². The predicted octanol–water partition coefficient (Wildman–Crippen LogP) is 4.03. The zero-order chi connectivity index (χ0) is 17.5. The van der Waals surface area contributed by atoms with E-state index in [0.29, 0.717) is 24.0 Å². The Bertz CT molecular complexity index is 1180. The zero-order valence-corrected chi connectivity index (χ0v) is 14.0. The van der Waals surface area contributed by atoms with Crippen LogP contribution in [0.3, 0.4) is 0 Å². The third-order valence-corrected chi connectivity index (χ3v) is 4.15.